The highest BCUT2D eigenvalue weighted by Gasteiger charge is 2.07. The minimum Gasteiger partial charge on any atom is -0.324 e. The smallest absolute Gasteiger partial charge is 0.234 e. The molecule has 1 N–H and O–H groups in total. The van der Waals surface area contributed by atoms with Gasteiger partial charge in [0.15, 0.2) is 0 Å². The fraction of sp³-hybridized carbons (Fsp3) is 0.188. The van der Waals surface area contributed by atoms with Gasteiger partial charge in [-0.15, -0.1) is 23.5 Å². The van der Waals surface area contributed by atoms with Crippen molar-refractivity contribution in [2.75, 3.05) is 17.3 Å². The number of para-hydroxylation sites is 1. The number of nitrogens with one attached hydrogen (secondary N) is 1. The number of amides is 1. The van der Waals surface area contributed by atoms with Crippen LogP contribution in [-0.2, 0) is 10.5 Å². The SMILES string of the molecule is CSc1ccccc1NC(=O)CSCc1ccccc1Cl. The van der Waals surface area contributed by atoms with Crippen LogP contribution in [0.5, 0.6) is 0 Å². The zero-order chi connectivity index (χ0) is 15.1. The molecule has 0 saturated heterocycles. The lowest BCUT2D eigenvalue weighted by Gasteiger charge is -2.09. The molecule has 0 unspecified atom stereocenters. The van der Waals surface area contributed by atoms with Crippen LogP contribution in [0.15, 0.2) is 53.4 Å². The number of halogens is 1. The predicted molar refractivity (Wildman–Crippen MR) is 94.5 cm³/mol. The van der Waals surface area contributed by atoms with Gasteiger partial charge in [0.1, 0.15) is 0 Å². The Kier molecular flexibility index (Phi) is 6.49. The zero-order valence-electron chi connectivity index (χ0n) is 11.6. The van der Waals surface area contributed by atoms with E-state index in [4.69, 9.17) is 11.6 Å². The van der Waals surface area contributed by atoms with Gasteiger partial charge >= 0.3 is 0 Å². The van der Waals surface area contributed by atoms with Gasteiger partial charge in [-0.25, -0.2) is 0 Å². The average molecular weight is 338 g/mol. The Hall–Kier alpha value is -1.10. The Labute approximate surface area is 138 Å². The Bertz CT molecular complexity index is 619. The van der Waals surface area contributed by atoms with Gasteiger partial charge in [-0.2, -0.15) is 0 Å². The molecule has 0 heterocycles. The molecule has 0 aliphatic carbocycles. The molecule has 2 aromatic rings. The number of thioether (sulfide) groups is 2. The van der Waals surface area contributed by atoms with Crippen LogP contribution in [0.1, 0.15) is 5.56 Å². The topological polar surface area (TPSA) is 29.1 Å². The summed E-state index contributed by atoms with van der Waals surface area (Å²) in [6.07, 6.45) is 2.00. The lowest BCUT2D eigenvalue weighted by atomic mass is 10.2. The molecule has 0 atom stereocenters. The van der Waals surface area contributed by atoms with Crippen molar-refractivity contribution in [3.05, 3.63) is 59.1 Å². The molecule has 0 saturated carbocycles. The van der Waals surface area contributed by atoms with E-state index in [1.165, 1.54) is 0 Å². The number of benzene rings is 2. The largest absolute Gasteiger partial charge is 0.324 e. The Morgan fingerprint density at radius 3 is 2.62 bits per heavy atom. The van der Waals surface area contributed by atoms with Crippen molar-refractivity contribution >= 4 is 46.7 Å². The molecule has 0 bridgehead atoms. The first-order chi connectivity index (χ1) is 10.2. The molecular formula is C16H16ClNOS2. The molecule has 1 amide bonds. The molecule has 21 heavy (non-hydrogen) atoms. The molecular weight excluding hydrogens is 322 g/mol. The maximum atomic E-state index is 12.0. The molecule has 0 aliphatic heterocycles. The molecule has 0 aromatic heterocycles. The van der Waals surface area contributed by atoms with Gasteiger partial charge in [0, 0.05) is 15.7 Å². The summed E-state index contributed by atoms with van der Waals surface area (Å²) in [6, 6.07) is 15.5. The standard InChI is InChI=1S/C16H16ClNOS2/c1-20-15-9-5-4-8-14(15)18-16(19)11-21-10-12-6-2-3-7-13(12)17/h2-9H,10-11H2,1H3,(H,18,19). The summed E-state index contributed by atoms with van der Waals surface area (Å²) in [6.45, 7) is 0. The van der Waals surface area contributed by atoms with E-state index in [-0.39, 0.29) is 5.91 Å². The normalized spacial score (nSPS) is 10.4. The molecule has 0 radical (unpaired) electrons. The molecule has 5 heteroatoms. The summed E-state index contributed by atoms with van der Waals surface area (Å²) in [5.74, 6) is 1.15. The summed E-state index contributed by atoms with van der Waals surface area (Å²) in [7, 11) is 0. The third kappa shape index (κ3) is 4.99. The summed E-state index contributed by atoms with van der Waals surface area (Å²) in [4.78, 5) is 13.1. The molecule has 0 spiro atoms. The van der Waals surface area contributed by atoms with Gasteiger partial charge in [-0.05, 0) is 30.0 Å². The predicted octanol–water partition coefficient (Wildman–Crippen LogP) is 4.93. The van der Waals surface area contributed by atoms with Crippen molar-refractivity contribution in [1.82, 2.24) is 0 Å². The van der Waals surface area contributed by atoms with Crippen molar-refractivity contribution in [2.45, 2.75) is 10.6 Å². The maximum Gasteiger partial charge on any atom is 0.234 e. The molecule has 2 rings (SSSR count). The van der Waals surface area contributed by atoms with E-state index in [1.807, 2.05) is 54.8 Å². The van der Waals surface area contributed by atoms with Crippen LogP contribution in [0.4, 0.5) is 5.69 Å². The molecule has 110 valence electrons. The van der Waals surface area contributed by atoms with Crippen LogP contribution in [0, 0.1) is 0 Å². The number of hydrogen-bond acceptors (Lipinski definition) is 3. The molecule has 2 nitrogen and oxygen atoms in total. The van der Waals surface area contributed by atoms with E-state index in [1.54, 1.807) is 23.5 Å². The van der Waals surface area contributed by atoms with Gasteiger partial charge < -0.3 is 5.32 Å². The van der Waals surface area contributed by atoms with Crippen LogP contribution < -0.4 is 5.32 Å². The van der Waals surface area contributed by atoms with Crippen LogP contribution in [0.25, 0.3) is 0 Å². The summed E-state index contributed by atoms with van der Waals surface area (Å²) >= 11 is 9.27. The summed E-state index contributed by atoms with van der Waals surface area (Å²) < 4.78 is 0. The molecule has 0 aliphatic rings. The quantitative estimate of drug-likeness (QED) is 0.757. The number of anilines is 1. The highest BCUT2D eigenvalue weighted by Crippen LogP contribution is 2.25. The fourth-order valence-corrected chi connectivity index (χ4v) is 3.47. The second-order valence-corrected chi connectivity index (χ2v) is 6.57. The minimum absolute atomic E-state index is 0.00792. The summed E-state index contributed by atoms with van der Waals surface area (Å²) in [5.41, 5.74) is 1.93. The van der Waals surface area contributed by atoms with Gasteiger partial charge in [0.2, 0.25) is 5.91 Å². The Morgan fingerprint density at radius 1 is 1.14 bits per heavy atom. The van der Waals surface area contributed by atoms with Crippen molar-refractivity contribution in [3.8, 4) is 0 Å². The van der Waals surface area contributed by atoms with Crippen LogP contribution >= 0.6 is 35.1 Å². The average Bonchev–Trinajstić information content (AvgIpc) is 2.50. The van der Waals surface area contributed by atoms with Gasteiger partial charge in [0.05, 0.1) is 11.4 Å². The second kappa shape index (κ2) is 8.37. The first kappa shape index (κ1) is 16.3. The van der Waals surface area contributed by atoms with Gasteiger partial charge in [0.25, 0.3) is 0 Å². The Balaban J connectivity index is 1.84. The number of carbonyl (C=O) groups excluding carboxylic acids is 1. The first-order valence-electron chi connectivity index (χ1n) is 6.44. The van der Waals surface area contributed by atoms with E-state index in [9.17, 15) is 4.79 Å². The molecule has 2 aromatic carbocycles. The van der Waals surface area contributed by atoms with Gasteiger partial charge in [-0.1, -0.05) is 41.9 Å². The fourth-order valence-electron chi connectivity index (χ4n) is 1.80. The zero-order valence-corrected chi connectivity index (χ0v) is 14.0. The highest BCUT2D eigenvalue weighted by molar-refractivity contribution is 7.99. The maximum absolute atomic E-state index is 12.0. The van der Waals surface area contributed by atoms with E-state index in [2.05, 4.69) is 5.32 Å². The second-order valence-electron chi connectivity index (χ2n) is 4.33. The van der Waals surface area contributed by atoms with Crippen LogP contribution in [0.3, 0.4) is 0 Å². The number of carbonyl (C=O) groups is 1. The summed E-state index contributed by atoms with van der Waals surface area (Å²) in [5, 5.41) is 3.70. The van der Waals surface area contributed by atoms with E-state index < -0.39 is 0 Å². The van der Waals surface area contributed by atoms with Crippen molar-refractivity contribution < 1.29 is 4.79 Å². The number of hydrogen-bond donors (Lipinski definition) is 1. The lowest BCUT2D eigenvalue weighted by molar-refractivity contribution is -0.113. The molecule has 0 fully saturated rings. The van der Waals surface area contributed by atoms with Crippen LogP contribution in [0.2, 0.25) is 5.02 Å². The third-order valence-electron chi connectivity index (χ3n) is 2.83. The Morgan fingerprint density at radius 2 is 1.86 bits per heavy atom. The van der Waals surface area contributed by atoms with E-state index >= 15 is 0 Å². The van der Waals surface area contributed by atoms with Gasteiger partial charge in [-0.3, -0.25) is 4.79 Å². The third-order valence-corrected chi connectivity index (χ3v) is 4.98. The van der Waals surface area contributed by atoms with Crippen molar-refractivity contribution in [2.24, 2.45) is 0 Å². The lowest BCUT2D eigenvalue weighted by Crippen LogP contribution is -2.14. The highest BCUT2D eigenvalue weighted by atomic mass is 35.5. The minimum atomic E-state index is 0.00792. The number of rotatable bonds is 6. The van der Waals surface area contributed by atoms with Crippen molar-refractivity contribution in [3.63, 3.8) is 0 Å². The first-order valence-corrected chi connectivity index (χ1v) is 9.20. The van der Waals surface area contributed by atoms with E-state index in [0.29, 0.717) is 5.75 Å². The monoisotopic (exact) mass is 337 g/mol. The van der Waals surface area contributed by atoms with Crippen molar-refractivity contribution in [1.29, 1.82) is 0 Å². The van der Waals surface area contributed by atoms with E-state index in [0.717, 1.165) is 26.9 Å². The van der Waals surface area contributed by atoms with Crippen LogP contribution in [-0.4, -0.2) is 17.9 Å².